The molecule has 1 saturated carbocycles. The average molecular weight is 329 g/mol. The van der Waals surface area contributed by atoms with Crippen LogP contribution in [0, 0.1) is 0 Å². The van der Waals surface area contributed by atoms with E-state index in [0.717, 1.165) is 12.8 Å². The Morgan fingerprint density at radius 1 is 1.38 bits per heavy atom. The maximum Gasteiger partial charge on any atom is 0.234 e. The molecule has 0 aromatic heterocycles. The summed E-state index contributed by atoms with van der Waals surface area (Å²) in [5.41, 5.74) is 0.419. The molecule has 1 unspecified atom stereocenters. The van der Waals surface area contributed by atoms with Gasteiger partial charge in [0.15, 0.2) is 5.78 Å². The van der Waals surface area contributed by atoms with Crippen LogP contribution in [-0.2, 0) is 4.79 Å². The third-order valence-electron chi connectivity index (χ3n) is 3.57. The number of nitrogens with one attached hydrogen (secondary N) is 1. The number of amides is 1. The first-order valence-electron chi connectivity index (χ1n) is 6.87. The first kappa shape index (κ1) is 16.3. The topological polar surface area (TPSA) is 49.4 Å². The van der Waals surface area contributed by atoms with Crippen LogP contribution in [0.4, 0.5) is 0 Å². The molecule has 1 aromatic rings. The summed E-state index contributed by atoms with van der Waals surface area (Å²) < 4.78 is 0. The van der Waals surface area contributed by atoms with Crippen molar-refractivity contribution in [2.45, 2.75) is 31.8 Å². The molecule has 4 nitrogen and oxygen atoms in total. The highest BCUT2D eigenvalue weighted by Crippen LogP contribution is 2.23. The fourth-order valence-electron chi connectivity index (χ4n) is 1.98. The molecule has 114 valence electrons. The molecule has 2 rings (SSSR count). The molecule has 1 fully saturated rings. The van der Waals surface area contributed by atoms with Crippen molar-refractivity contribution in [1.29, 1.82) is 0 Å². The summed E-state index contributed by atoms with van der Waals surface area (Å²) in [5.74, 6) is -0.180. The van der Waals surface area contributed by atoms with E-state index in [0.29, 0.717) is 21.7 Å². The quantitative estimate of drug-likeness (QED) is 0.817. The summed E-state index contributed by atoms with van der Waals surface area (Å²) in [6.07, 6.45) is 2.09. The summed E-state index contributed by atoms with van der Waals surface area (Å²) in [6, 6.07) is 4.67. The SMILES string of the molecule is CC(C(=O)c1ccc(Cl)cc1Cl)N(C)CC(=O)NC1CC1. The Balaban J connectivity index is 1.98. The van der Waals surface area contributed by atoms with Gasteiger partial charge in [0.2, 0.25) is 5.91 Å². The summed E-state index contributed by atoms with van der Waals surface area (Å²) in [5, 5.41) is 3.72. The molecule has 1 atom stereocenters. The van der Waals surface area contributed by atoms with Gasteiger partial charge in [0.1, 0.15) is 0 Å². The lowest BCUT2D eigenvalue weighted by Gasteiger charge is -2.23. The van der Waals surface area contributed by atoms with Crippen LogP contribution < -0.4 is 5.32 Å². The molecule has 0 radical (unpaired) electrons. The third-order valence-corrected chi connectivity index (χ3v) is 4.12. The molecule has 1 amide bonds. The predicted octanol–water partition coefficient (Wildman–Crippen LogP) is 2.78. The van der Waals surface area contributed by atoms with Gasteiger partial charge >= 0.3 is 0 Å². The number of Topliss-reactive ketones (excluding diaryl/α,β-unsaturated/α-hetero) is 1. The first-order valence-corrected chi connectivity index (χ1v) is 7.63. The number of hydrogen-bond acceptors (Lipinski definition) is 3. The Labute approximate surface area is 134 Å². The number of rotatable bonds is 6. The van der Waals surface area contributed by atoms with Crippen LogP contribution in [0.1, 0.15) is 30.1 Å². The van der Waals surface area contributed by atoms with Crippen LogP contribution in [-0.4, -0.2) is 42.3 Å². The average Bonchev–Trinajstić information content (AvgIpc) is 3.20. The second-order valence-electron chi connectivity index (χ2n) is 5.42. The van der Waals surface area contributed by atoms with Gasteiger partial charge in [-0.25, -0.2) is 0 Å². The Morgan fingerprint density at radius 2 is 2.05 bits per heavy atom. The lowest BCUT2D eigenvalue weighted by Crippen LogP contribution is -2.43. The number of benzene rings is 1. The molecule has 1 aromatic carbocycles. The number of carbonyl (C=O) groups excluding carboxylic acids is 2. The van der Waals surface area contributed by atoms with Gasteiger partial charge in [-0.05, 0) is 45.0 Å². The molecule has 0 aliphatic heterocycles. The molecule has 1 aliphatic rings. The summed E-state index contributed by atoms with van der Waals surface area (Å²) >= 11 is 11.9. The van der Waals surface area contributed by atoms with Crippen LogP contribution in [0.5, 0.6) is 0 Å². The summed E-state index contributed by atoms with van der Waals surface area (Å²) in [6.45, 7) is 1.95. The van der Waals surface area contributed by atoms with Crippen molar-refractivity contribution in [3.63, 3.8) is 0 Å². The van der Waals surface area contributed by atoms with Gasteiger partial charge in [-0.1, -0.05) is 23.2 Å². The molecule has 0 bridgehead atoms. The van der Waals surface area contributed by atoms with Crippen LogP contribution in [0.2, 0.25) is 10.0 Å². The molecule has 1 aliphatic carbocycles. The summed E-state index contributed by atoms with van der Waals surface area (Å²) in [7, 11) is 1.75. The Kier molecular flexibility index (Phi) is 5.25. The maximum atomic E-state index is 12.4. The number of likely N-dealkylation sites (N-methyl/N-ethyl adjacent to an activating group) is 1. The normalized spacial score (nSPS) is 15.9. The first-order chi connectivity index (χ1) is 9.88. The minimum Gasteiger partial charge on any atom is -0.352 e. The fourth-order valence-corrected chi connectivity index (χ4v) is 2.48. The Hall–Kier alpha value is -1.10. The Bertz CT molecular complexity index is 559. The van der Waals surface area contributed by atoms with Crippen molar-refractivity contribution in [3.05, 3.63) is 33.8 Å². The lowest BCUT2D eigenvalue weighted by atomic mass is 10.0. The van der Waals surface area contributed by atoms with E-state index in [-0.39, 0.29) is 18.2 Å². The van der Waals surface area contributed by atoms with Gasteiger partial charge in [-0.2, -0.15) is 0 Å². The van der Waals surface area contributed by atoms with E-state index in [1.807, 2.05) is 0 Å². The second-order valence-corrected chi connectivity index (χ2v) is 6.26. The zero-order valence-corrected chi connectivity index (χ0v) is 13.5. The summed E-state index contributed by atoms with van der Waals surface area (Å²) in [4.78, 5) is 25.9. The van der Waals surface area contributed by atoms with Crippen molar-refractivity contribution >= 4 is 34.9 Å². The van der Waals surface area contributed by atoms with Gasteiger partial charge < -0.3 is 5.32 Å². The second kappa shape index (κ2) is 6.77. The van der Waals surface area contributed by atoms with Crippen molar-refractivity contribution < 1.29 is 9.59 Å². The number of halogens is 2. The Morgan fingerprint density at radius 3 is 2.62 bits per heavy atom. The van der Waals surface area contributed by atoms with E-state index in [2.05, 4.69) is 5.32 Å². The van der Waals surface area contributed by atoms with Crippen molar-refractivity contribution in [1.82, 2.24) is 10.2 Å². The number of nitrogens with zero attached hydrogens (tertiary/aromatic N) is 1. The maximum absolute atomic E-state index is 12.4. The molecule has 21 heavy (non-hydrogen) atoms. The number of ketones is 1. The lowest BCUT2D eigenvalue weighted by molar-refractivity contribution is -0.122. The molecular weight excluding hydrogens is 311 g/mol. The van der Waals surface area contributed by atoms with Crippen molar-refractivity contribution in [3.8, 4) is 0 Å². The van der Waals surface area contributed by atoms with Gasteiger partial charge in [-0.15, -0.1) is 0 Å². The van der Waals surface area contributed by atoms with Crippen LogP contribution in [0.25, 0.3) is 0 Å². The predicted molar refractivity (Wildman–Crippen MR) is 84.0 cm³/mol. The standard InChI is InChI=1S/C15H18Cl2N2O2/c1-9(19(2)8-14(20)18-11-4-5-11)15(21)12-6-3-10(16)7-13(12)17/h3,6-7,9,11H,4-5,8H2,1-2H3,(H,18,20). The monoisotopic (exact) mass is 328 g/mol. The number of carbonyl (C=O) groups is 2. The van der Waals surface area contributed by atoms with Gasteiger partial charge in [0.25, 0.3) is 0 Å². The zero-order chi connectivity index (χ0) is 15.6. The van der Waals surface area contributed by atoms with Gasteiger partial charge in [0, 0.05) is 16.6 Å². The van der Waals surface area contributed by atoms with E-state index in [9.17, 15) is 9.59 Å². The van der Waals surface area contributed by atoms with Crippen LogP contribution in [0.15, 0.2) is 18.2 Å². The van der Waals surface area contributed by atoms with E-state index in [4.69, 9.17) is 23.2 Å². The van der Waals surface area contributed by atoms with E-state index in [1.54, 1.807) is 37.1 Å². The molecule has 6 heteroatoms. The highest BCUT2D eigenvalue weighted by molar-refractivity contribution is 6.37. The largest absolute Gasteiger partial charge is 0.352 e. The van der Waals surface area contributed by atoms with E-state index in [1.165, 1.54) is 0 Å². The van der Waals surface area contributed by atoms with Crippen molar-refractivity contribution in [2.75, 3.05) is 13.6 Å². The van der Waals surface area contributed by atoms with Crippen LogP contribution in [0.3, 0.4) is 0 Å². The van der Waals surface area contributed by atoms with E-state index >= 15 is 0 Å². The molecular formula is C15H18Cl2N2O2. The molecule has 1 N–H and O–H groups in total. The number of hydrogen-bond donors (Lipinski definition) is 1. The highest BCUT2D eigenvalue weighted by atomic mass is 35.5. The third kappa shape index (κ3) is 4.43. The van der Waals surface area contributed by atoms with Gasteiger partial charge in [0.05, 0.1) is 17.6 Å². The minimum atomic E-state index is -0.436. The van der Waals surface area contributed by atoms with E-state index < -0.39 is 6.04 Å². The molecule has 0 spiro atoms. The zero-order valence-electron chi connectivity index (χ0n) is 12.0. The van der Waals surface area contributed by atoms with Gasteiger partial charge in [-0.3, -0.25) is 14.5 Å². The smallest absolute Gasteiger partial charge is 0.234 e. The minimum absolute atomic E-state index is 0.0538. The van der Waals surface area contributed by atoms with Crippen molar-refractivity contribution in [2.24, 2.45) is 0 Å². The van der Waals surface area contributed by atoms with Crippen LogP contribution >= 0.6 is 23.2 Å². The molecule has 0 heterocycles. The highest BCUT2D eigenvalue weighted by Gasteiger charge is 2.26. The fraction of sp³-hybridized carbons (Fsp3) is 0.467. The molecule has 0 saturated heterocycles.